The maximum absolute atomic E-state index is 11.7. The van der Waals surface area contributed by atoms with Gasteiger partial charge in [-0.2, -0.15) is 0 Å². The van der Waals surface area contributed by atoms with E-state index in [1.165, 1.54) is 19.1 Å². The number of carbonyl (C=O) groups excluding carboxylic acids is 1. The minimum Gasteiger partial charge on any atom is -0.325 e. The number of sulfone groups is 1. The highest BCUT2D eigenvalue weighted by Crippen LogP contribution is 2.24. The number of amides is 1. The van der Waals surface area contributed by atoms with Gasteiger partial charge in [-0.25, -0.2) is 22.0 Å². The molecule has 1 atom stereocenters. The Hall–Kier alpha value is -1.16. The molecule has 7 nitrogen and oxygen atoms in total. The van der Waals surface area contributed by atoms with Crippen LogP contribution < -0.4 is 10.5 Å². The fourth-order valence-electron chi connectivity index (χ4n) is 1.25. The van der Waals surface area contributed by atoms with Gasteiger partial charge < -0.3 is 5.32 Å². The summed E-state index contributed by atoms with van der Waals surface area (Å²) in [5.41, 5.74) is 0.169. The van der Waals surface area contributed by atoms with Gasteiger partial charge in [0.1, 0.15) is 10.1 Å². The topological polar surface area (TPSA) is 123 Å². The zero-order valence-electron chi connectivity index (χ0n) is 10.6. The molecule has 1 amide bonds. The van der Waals surface area contributed by atoms with Crippen LogP contribution in [0.5, 0.6) is 0 Å². The van der Waals surface area contributed by atoms with Crippen molar-refractivity contribution >= 4 is 43.1 Å². The molecule has 0 aliphatic heterocycles. The van der Waals surface area contributed by atoms with Crippen LogP contribution in [0, 0.1) is 0 Å². The number of halogens is 1. The number of benzene rings is 1. The second kappa shape index (κ2) is 5.68. The summed E-state index contributed by atoms with van der Waals surface area (Å²) in [6.07, 6.45) is 0.939. The minimum absolute atomic E-state index is 0.169. The SMILES string of the molecule is CC(C(=O)Nc1ccc(S(N)(=O)=O)c(Cl)c1)S(C)(=O)=O. The van der Waals surface area contributed by atoms with Crippen LogP contribution in [-0.4, -0.2) is 34.2 Å². The smallest absolute Gasteiger partial charge is 0.242 e. The van der Waals surface area contributed by atoms with Gasteiger partial charge in [0.2, 0.25) is 15.9 Å². The van der Waals surface area contributed by atoms with E-state index < -0.39 is 31.0 Å². The number of rotatable bonds is 4. The normalized spacial score (nSPS) is 13.8. The van der Waals surface area contributed by atoms with Gasteiger partial charge in [0, 0.05) is 11.9 Å². The fourth-order valence-corrected chi connectivity index (χ4v) is 2.79. The van der Waals surface area contributed by atoms with Gasteiger partial charge in [-0.15, -0.1) is 0 Å². The molecular formula is C10H13ClN2O5S2. The summed E-state index contributed by atoms with van der Waals surface area (Å²) in [5.74, 6) is -0.744. The summed E-state index contributed by atoms with van der Waals surface area (Å²) >= 11 is 5.74. The molecule has 1 aromatic rings. The summed E-state index contributed by atoms with van der Waals surface area (Å²) in [6, 6.07) is 3.56. The average Bonchev–Trinajstić information content (AvgIpc) is 2.24. The highest BCUT2D eigenvalue weighted by Gasteiger charge is 2.24. The molecule has 0 aliphatic carbocycles. The lowest BCUT2D eigenvalue weighted by Gasteiger charge is -2.11. The van der Waals surface area contributed by atoms with E-state index in [2.05, 4.69) is 5.32 Å². The third-order valence-electron chi connectivity index (χ3n) is 2.52. The first-order chi connectivity index (χ1) is 8.93. The maximum atomic E-state index is 11.7. The van der Waals surface area contributed by atoms with Gasteiger partial charge in [-0.1, -0.05) is 11.6 Å². The Kier molecular flexibility index (Phi) is 4.80. The molecule has 1 rings (SSSR count). The molecule has 1 unspecified atom stereocenters. The van der Waals surface area contributed by atoms with Crippen LogP contribution in [0.2, 0.25) is 5.02 Å². The van der Waals surface area contributed by atoms with Crippen molar-refractivity contribution in [3.63, 3.8) is 0 Å². The highest BCUT2D eigenvalue weighted by atomic mass is 35.5. The van der Waals surface area contributed by atoms with Crippen LogP contribution >= 0.6 is 11.6 Å². The van der Waals surface area contributed by atoms with Gasteiger partial charge in [0.15, 0.2) is 9.84 Å². The summed E-state index contributed by atoms with van der Waals surface area (Å²) in [6.45, 7) is 1.24. The molecule has 0 saturated carbocycles. The predicted octanol–water partition coefficient (Wildman–Crippen LogP) is 0.359. The number of nitrogens with one attached hydrogen (secondary N) is 1. The summed E-state index contributed by atoms with van der Waals surface area (Å²) < 4.78 is 44.8. The first-order valence-corrected chi connectivity index (χ1v) is 9.13. The first kappa shape index (κ1) is 16.9. The van der Waals surface area contributed by atoms with Crippen molar-refractivity contribution in [3.05, 3.63) is 23.2 Å². The van der Waals surface area contributed by atoms with Crippen molar-refractivity contribution in [3.8, 4) is 0 Å². The largest absolute Gasteiger partial charge is 0.325 e. The molecule has 0 aromatic heterocycles. The van der Waals surface area contributed by atoms with Crippen LogP contribution in [0.15, 0.2) is 23.1 Å². The Morgan fingerprint density at radius 3 is 2.25 bits per heavy atom. The second-order valence-corrected chi connectivity index (χ2v) is 8.45. The highest BCUT2D eigenvalue weighted by molar-refractivity contribution is 7.92. The van der Waals surface area contributed by atoms with E-state index in [0.29, 0.717) is 0 Å². The Labute approximate surface area is 122 Å². The van der Waals surface area contributed by atoms with Crippen molar-refractivity contribution in [2.24, 2.45) is 5.14 Å². The molecule has 3 N–H and O–H groups in total. The van der Waals surface area contributed by atoms with Gasteiger partial charge >= 0.3 is 0 Å². The first-order valence-electron chi connectivity index (χ1n) is 5.25. The van der Waals surface area contributed by atoms with E-state index in [9.17, 15) is 21.6 Å². The molecule has 1 aromatic carbocycles. The minimum atomic E-state index is -3.96. The monoisotopic (exact) mass is 340 g/mol. The van der Waals surface area contributed by atoms with Crippen molar-refractivity contribution < 1.29 is 21.6 Å². The van der Waals surface area contributed by atoms with Crippen molar-refractivity contribution in [2.45, 2.75) is 17.1 Å². The van der Waals surface area contributed by atoms with Crippen molar-refractivity contribution in [1.29, 1.82) is 0 Å². The molecule has 0 radical (unpaired) electrons. The number of anilines is 1. The Bertz CT molecular complexity index is 743. The number of nitrogens with two attached hydrogens (primary N) is 1. The summed E-state index contributed by atoms with van der Waals surface area (Å²) in [5, 5.41) is 5.86. The van der Waals surface area contributed by atoms with E-state index in [1.54, 1.807) is 0 Å². The van der Waals surface area contributed by atoms with Crippen molar-refractivity contribution in [2.75, 3.05) is 11.6 Å². The van der Waals surface area contributed by atoms with E-state index >= 15 is 0 Å². The summed E-state index contributed by atoms with van der Waals surface area (Å²) in [4.78, 5) is 11.4. The van der Waals surface area contributed by atoms with Crippen LogP contribution in [-0.2, 0) is 24.7 Å². The molecule has 0 spiro atoms. The van der Waals surface area contributed by atoms with Crippen LogP contribution in [0.1, 0.15) is 6.92 Å². The number of carbonyl (C=O) groups is 1. The molecule has 0 fully saturated rings. The molecular weight excluding hydrogens is 328 g/mol. The Morgan fingerprint density at radius 2 is 1.85 bits per heavy atom. The predicted molar refractivity (Wildman–Crippen MR) is 75.8 cm³/mol. The molecule has 20 heavy (non-hydrogen) atoms. The fraction of sp³-hybridized carbons (Fsp3) is 0.300. The lowest BCUT2D eigenvalue weighted by atomic mass is 10.3. The van der Waals surface area contributed by atoms with Gasteiger partial charge in [-0.3, -0.25) is 4.79 Å². The lowest BCUT2D eigenvalue weighted by molar-refractivity contribution is -0.115. The molecule has 0 bridgehead atoms. The van der Waals surface area contributed by atoms with Gasteiger partial charge in [0.25, 0.3) is 0 Å². The van der Waals surface area contributed by atoms with E-state index in [-0.39, 0.29) is 15.6 Å². The van der Waals surface area contributed by atoms with Crippen LogP contribution in [0.4, 0.5) is 5.69 Å². The number of sulfonamides is 1. The zero-order chi connectivity index (χ0) is 15.7. The maximum Gasteiger partial charge on any atom is 0.242 e. The zero-order valence-corrected chi connectivity index (χ0v) is 13.0. The van der Waals surface area contributed by atoms with E-state index in [4.69, 9.17) is 16.7 Å². The molecule has 10 heteroatoms. The summed E-state index contributed by atoms with van der Waals surface area (Å²) in [7, 11) is -7.48. The molecule has 112 valence electrons. The third-order valence-corrected chi connectivity index (χ3v) is 5.41. The third kappa shape index (κ3) is 4.17. The van der Waals surface area contributed by atoms with Crippen LogP contribution in [0.25, 0.3) is 0 Å². The van der Waals surface area contributed by atoms with E-state index in [1.807, 2.05) is 0 Å². The number of hydrogen-bond acceptors (Lipinski definition) is 5. The number of primary sulfonamides is 1. The molecule has 0 saturated heterocycles. The van der Waals surface area contributed by atoms with Crippen LogP contribution in [0.3, 0.4) is 0 Å². The Balaban J connectivity index is 3.02. The average molecular weight is 341 g/mol. The number of hydrogen-bond donors (Lipinski definition) is 2. The van der Waals surface area contributed by atoms with Crippen molar-refractivity contribution in [1.82, 2.24) is 0 Å². The van der Waals surface area contributed by atoms with Gasteiger partial charge in [0.05, 0.1) is 5.02 Å². The standard InChI is InChI=1S/C10H13ClN2O5S2/c1-6(19(2,15)16)10(14)13-7-3-4-9(8(11)5-7)20(12,17)18/h3-6H,1-2H3,(H,13,14)(H2,12,17,18). The quantitative estimate of drug-likeness (QED) is 0.819. The lowest BCUT2D eigenvalue weighted by Crippen LogP contribution is -2.31. The molecule has 0 heterocycles. The van der Waals surface area contributed by atoms with E-state index in [0.717, 1.165) is 12.3 Å². The molecule has 0 aliphatic rings. The second-order valence-electron chi connectivity index (χ2n) is 4.15. The van der Waals surface area contributed by atoms with Gasteiger partial charge in [-0.05, 0) is 25.1 Å². The Morgan fingerprint density at radius 1 is 1.30 bits per heavy atom.